The number of halogens is 1. The molecule has 0 saturated heterocycles. The third kappa shape index (κ3) is 1.44. The van der Waals surface area contributed by atoms with Crippen LogP contribution in [0.2, 0.25) is 5.35 Å². The van der Waals surface area contributed by atoms with Crippen LogP contribution in [-0.4, -0.2) is 10.1 Å². The SMILES string of the molecule is Clc1nc(CC2CC3CCC2C3)no1. The molecule has 2 fully saturated rings. The fourth-order valence-corrected chi connectivity index (χ4v) is 3.31. The van der Waals surface area contributed by atoms with E-state index in [-0.39, 0.29) is 5.35 Å². The molecule has 76 valence electrons. The van der Waals surface area contributed by atoms with Crippen LogP contribution in [0.25, 0.3) is 0 Å². The lowest BCUT2D eigenvalue weighted by Crippen LogP contribution is -2.13. The molecule has 4 heteroatoms. The van der Waals surface area contributed by atoms with Gasteiger partial charge in [-0.15, -0.1) is 0 Å². The second-order valence-corrected chi connectivity index (χ2v) is 4.93. The van der Waals surface area contributed by atoms with E-state index in [0.29, 0.717) is 0 Å². The molecule has 2 aliphatic carbocycles. The molecule has 1 heterocycles. The maximum absolute atomic E-state index is 5.58. The number of fused-ring (bicyclic) bond motifs is 2. The van der Waals surface area contributed by atoms with Crippen molar-refractivity contribution in [1.29, 1.82) is 0 Å². The Hall–Kier alpha value is -0.570. The normalized spacial score (nSPS) is 35.4. The molecule has 3 atom stereocenters. The van der Waals surface area contributed by atoms with Crippen molar-refractivity contribution in [2.24, 2.45) is 17.8 Å². The van der Waals surface area contributed by atoms with Crippen molar-refractivity contribution in [3.05, 3.63) is 11.2 Å². The van der Waals surface area contributed by atoms with E-state index in [1.807, 2.05) is 0 Å². The summed E-state index contributed by atoms with van der Waals surface area (Å²) in [5, 5.41) is 4.01. The minimum absolute atomic E-state index is 0.170. The van der Waals surface area contributed by atoms with Crippen molar-refractivity contribution in [1.82, 2.24) is 10.1 Å². The Morgan fingerprint density at radius 3 is 2.86 bits per heavy atom. The van der Waals surface area contributed by atoms with Crippen molar-refractivity contribution < 1.29 is 4.52 Å². The highest BCUT2D eigenvalue weighted by Gasteiger charge is 2.39. The van der Waals surface area contributed by atoms with Gasteiger partial charge in [-0.05, 0) is 48.6 Å². The summed E-state index contributed by atoms with van der Waals surface area (Å²) in [4.78, 5) is 4.05. The summed E-state index contributed by atoms with van der Waals surface area (Å²) < 4.78 is 4.76. The van der Waals surface area contributed by atoms with E-state index in [1.165, 1.54) is 25.7 Å². The zero-order valence-electron chi connectivity index (χ0n) is 7.95. The Labute approximate surface area is 87.8 Å². The first kappa shape index (κ1) is 8.72. The Morgan fingerprint density at radius 2 is 2.29 bits per heavy atom. The second-order valence-electron chi connectivity index (χ2n) is 4.60. The van der Waals surface area contributed by atoms with Crippen molar-refractivity contribution in [2.45, 2.75) is 32.1 Å². The van der Waals surface area contributed by atoms with Crippen LogP contribution in [0.3, 0.4) is 0 Å². The van der Waals surface area contributed by atoms with Crippen LogP contribution in [0.4, 0.5) is 0 Å². The van der Waals surface area contributed by atoms with Crippen molar-refractivity contribution in [3.63, 3.8) is 0 Å². The molecule has 14 heavy (non-hydrogen) atoms. The molecule has 3 unspecified atom stereocenters. The average molecular weight is 213 g/mol. The molecule has 3 rings (SSSR count). The standard InChI is InChI=1S/C10H13ClN2O/c11-10-12-9(13-14-10)5-8-4-6-1-2-7(8)3-6/h6-8H,1-5H2. The van der Waals surface area contributed by atoms with Gasteiger partial charge in [-0.3, -0.25) is 0 Å². The van der Waals surface area contributed by atoms with E-state index in [0.717, 1.165) is 30.0 Å². The molecule has 2 bridgehead atoms. The number of hydrogen-bond donors (Lipinski definition) is 0. The summed E-state index contributed by atoms with van der Waals surface area (Å²) in [6.45, 7) is 0. The van der Waals surface area contributed by atoms with Gasteiger partial charge in [0.15, 0.2) is 5.82 Å². The van der Waals surface area contributed by atoms with Crippen molar-refractivity contribution >= 4 is 11.6 Å². The summed E-state index contributed by atoms with van der Waals surface area (Å²) in [5.74, 6) is 3.46. The molecular formula is C10H13ClN2O. The van der Waals surface area contributed by atoms with Crippen LogP contribution >= 0.6 is 11.6 Å². The van der Waals surface area contributed by atoms with E-state index in [2.05, 4.69) is 10.1 Å². The molecular weight excluding hydrogens is 200 g/mol. The van der Waals surface area contributed by atoms with Gasteiger partial charge in [-0.1, -0.05) is 11.6 Å². The van der Waals surface area contributed by atoms with E-state index in [9.17, 15) is 0 Å². The van der Waals surface area contributed by atoms with Crippen LogP contribution in [0.15, 0.2) is 4.52 Å². The van der Waals surface area contributed by atoms with Crippen LogP contribution in [0.1, 0.15) is 31.5 Å². The molecule has 0 amide bonds. The van der Waals surface area contributed by atoms with Gasteiger partial charge in [0.2, 0.25) is 0 Å². The highest BCUT2D eigenvalue weighted by Crippen LogP contribution is 2.49. The largest absolute Gasteiger partial charge is 0.321 e. The topological polar surface area (TPSA) is 38.9 Å². The second kappa shape index (κ2) is 3.23. The predicted molar refractivity (Wildman–Crippen MR) is 52.0 cm³/mol. The monoisotopic (exact) mass is 212 g/mol. The summed E-state index contributed by atoms with van der Waals surface area (Å²) in [5.41, 5.74) is 0. The molecule has 2 aliphatic rings. The summed E-state index contributed by atoms with van der Waals surface area (Å²) in [6.07, 6.45) is 6.58. The molecule has 1 aromatic heterocycles. The molecule has 0 spiro atoms. The Bertz CT molecular complexity index is 339. The molecule has 0 aliphatic heterocycles. The third-order valence-corrected chi connectivity index (χ3v) is 3.93. The number of aromatic nitrogens is 2. The highest BCUT2D eigenvalue weighted by molar-refractivity contribution is 6.27. The maximum Gasteiger partial charge on any atom is 0.320 e. The van der Waals surface area contributed by atoms with Gasteiger partial charge in [-0.25, -0.2) is 0 Å². The molecule has 3 nitrogen and oxygen atoms in total. The smallest absolute Gasteiger partial charge is 0.320 e. The van der Waals surface area contributed by atoms with E-state index < -0.39 is 0 Å². The van der Waals surface area contributed by atoms with E-state index >= 15 is 0 Å². The number of rotatable bonds is 2. The predicted octanol–water partition coefficient (Wildman–Crippen LogP) is 2.70. The molecule has 0 aromatic carbocycles. The third-order valence-electron chi connectivity index (χ3n) is 3.77. The first-order chi connectivity index (χ1) is 6.81. The van der Waals surface area contributed by atoms with Gasteiger partial charge in [0.25, 0.3) is 0 Å². The zero-order chi connectivity index (χ0) is 9.54. The van der Waals surface area contributed by atoms with Gasteiger partial charge in [0.05, 0.1) is 0 Å². The van der Waals surface area contributed by atoms with Crippen LogP contribution in [0.5, 0.6) is 0 Å². The zero-order valence-corrected chi connectivity index (χ0v) is 8.70. The summed E-state index contributed by atoms with van der Waals surface area (Å²) >= 11 is 5.58. The van der Waals surface area contributed by atoms with Gasteiger partial charge >= 0.3 is 5.35 Å². The fourth-order valence-electron chi connectivity index (χ4n) is 3.18. The van der Waals surface area contributed by atoms with Gasteiger partial charge in [0, 0.05) is 6.42 Å². The Morgan fingerprint density at radius 1 is 1.36 bits per heavy atom. The minimum atomic E-state index is 0.170. The van der Waals surface area contributed by atoms with Crippen LogP contribution < -0.4 is 0 Å². The average Bonchev–Trinajstić information content (AvgIpc) is 2.82. The lowest BCUT2D eigenvalue weighted by Gasteiger charge is -2.19. The Balaban J connectivity index is 1.68. The minimum Gasteiger partial charge on any atom is -0.321 e. The summed E-state index contributed by atoms with van der Waals surface area (Å²) in [6, 6.07) is 0. The quantitative estimate of drug-likeness (QED) is 0.757. The summed E-state index contributed by atoms with van der Waals surface area (Å²) in [7, 11) is 0. The molecule has 2 saturated carbocycles. The van der Waals surface area contributed by atoms with Gasteiger partial charge in [0.1, 0.15) is 0 Å². The highest BCUT2D eigenvalue weighted by atomic mass is 35.5. The van der Waals surface area contributed by atoms with Crippen molar-refractivity contribution in [2.75, 3.05) is 0 Å². The van der Waals surface area contributed by atoms with E-state index in [4.69, 9.17) is 16.1 Å². The lowest BCUT2D eigenvalue weighted by atomic mass is 9.86. The number of hydrogen-bond acceptors (Lipinski definition) is 3. The molecule has 1 aromatic rings. The maximum atomic E-state index is 5.58. The Kier molecular flexibility index (Phi) is 2.01. The van der Waals surface area contributed by atoms with Crippen molar-refractivity contribution in [3.8, 4) is 0 Å². The van der Waals surface area contributed by atoms with Gasteiger partial charge < -0.3 is 4.52 Å². The van der Waals surface area contributed by atoms with E-state index in [1.54, 1.807) is 0 Å². The number of nitrogens with zero attached hydrogens (tertiary/aromatic N) is 2. The first-order valence-electron chi connectivity index (χ1n) is 5.29. The van der Waals surface area contributed by atoms with Crippen LogP contribution in [-0.2, 0) is 6.42 Å². The molecule has 0 radical (unpaired) electrons. The van der Waals surface area contributed by atoms with Crippen LogP contribution in [0, 0.1) is 17.8 Å². The fraction of sp³-hybridized carbons (Fsp3) is 0.800. The molecule has 0 N–H and O–H groups in total. The first-order valence-corrected chi connectivity index (χ1v) is 5.67. The lowest BCUT2D eigenvalue weighted by molar-refractivity contribution is 0.320. The van der Waals surface area contributed by atoms with Gasteiger partial charge in [-0.2, -0.15) is 4.98 Å².